The summed E-state index contributed by atoms with van der Waals surface area (Å²) < 4.78 is 0. The van der Waals surface area contributed by atoms with Crippen LogP contribution in [0.3, 0.4) is 0 Å². The number of hydrogen-bond donors (Lipinski definition) is 14. The summed E-state index contributed by atoms with van der Waals surface area (Å²) in [6, 6.07) is -15.7. The van der Waals surface area contributed by atoms with E-state index in [4.69, 9.17) is 11.5 Å². The van der Waals surface area contributed by atoms with E-state index in [-0.39, 0.29) is 68.7 Å². The van der Waals surface area contributed by atoms with Crippen LogP contribution >= 0.6 is 11.8 Å². The molecule has 0 aromatic carbocycles. The fourth-order valence-electron chi connectivity index (χ4n) is 10.7. The van der Waals surface area contributed by atoms with E-state index < -0.39 is 168 Å². The maximum absolute atomic E-state index is 14.8. The molecule has 3 fully saturated rings. The minimum atomic E-state index is -1.79. The van der Waals surface area contributed by atoms with Gasteiger partial charge in [-0.3, -0.25) is 57.5 Å². The number of imidazole rings is 1. The molecule has 12 amide bonds. The van der Waals surface area contributed by atoms with Crippen molar-refractivity contribution in [3.05, 3.63) is 18.2 Å². The minimum absolute atomic E-state index is 0.0263. The zero-order chi connectivity index (χ0) is 66.6. The second kappa shape index (κ2) is 35.1. The largest absolute Gasteiger partial charge is 0.480 e. The number of likely N-dealkylation sites (tertiary alicyclic amines) is 3. The van der Waals surface area contributed by atoms with E-state index in [1.54, 1.807) is 40.9 Å². The number of amides is 12. The Bertz CT molecular complexity index is 2670. The topological polar surface area (TPSA) is 469 Å². The van der Waals surface area contributed by atoms with Crippen LogP contribution < -0.4 is 54.0 Å². The van der Waals surface area contributed by atoms with Crippen LogP contribution in [0, 0.1) is 17.8 Å². The number of primary amides is 1. The Morgan fingerprint density at radius 2 is 1.16 bits per heavy atom. The zero-order valence-corrected chi connectivity index (χ0v) is 53.0. The van der Waals surface area contributed by atoms with Crippen LogP contribution in [0.15, 0.2) is 12.5 Å². The van der Waals surface area contributed by atoms with Gasteiger partial charge in [-0.2, -0.15) is 11.8 Å². The highest BCUT2D eigenvalue weighted by Gasteiger charge is 2.46. The van der Waals surface area contributed by atoms with E-state index in [2.05, 4.69) is 52.5 Å². The summed E-state index contributed by atoms with van der Waals surface area (Å²) in [5, 5.41) is 49.7. The van der Waals surface area contributed by atoms with Gasteiger partial charge in [0.25, 0.3) is 0 Å². The van der Waals surface area contributed by atoms with Crippen molar-refractivity contribution >= 4 is 88.6 Å². The average molecular weight is 1280 g/mol. The first kappa shape index (κ1) is 74.0. The van der Waals surface area contributed by atoms with Gasteiger partial charge in [-0.1, -0.05) is 48.0 Å². The van der Waals surface area contributed by atoms with Crippen molar-refractivity contribution in [2.75, 3.05) is 38.2 Å². The summed E-state index contributed by atoms with van der Waals surface area (Å²) in [7, 11) is 0. The van der Waals surface area contributed by atoms with E-state index in [1.165, 1.54) is 52.8 Å². The summed E-state index contributed by atoms with van der Waals surface area (Å²) >= 11 is 1.30. The van der Waals surface area contributed by atoms with Crippen molar-refractivity contribution in [1.82, 2.24) is 67.2 Å². The van der Waals surface area contributed by atoms with Crippen LogP contribution in [0.1, 0.15) is 125 Å². The fraction of sp³-hybridized carbons (Fsp3) is 0.719. The number of carboxylic acid groups (broad SMARTS) is 1. The van der Waals surface area contributed by atoms with Gasteiger partial charge in [0.2, 0.25) is 70.9 Å². The first-order valence-corrected chi connectivity index (χ1v) is 31.7. The summed E-state index contributed by atoms with van der Waals surface area (Å²) in [6.45, 7) is 12.6. The predicted molar refractivity (Wildman–Crippen MR) is 323 cm³/mol. The summed E-state index contributed by atoms with van der Waals surface area (Å²) in [4.78, 5) is 188. The minimum Gasteiger partial charge on any atom is -0.480 e. The Balaban J connectivity index is 1.45. The number of aliphatic hydroxyl groups is 2. The fourth-order valence-corrected chi connectivity index (χ4v) is 11.2. The number of aromatic nitrogens is 2. The number of hydrogen-bond acceptors (Lipinski definition) is 18. The van der Waals surface area contributed by atoms with Crippen molar-refractivity contribution in [3.63, 3.8) is 0 Å². The molecule has 31 nitrogen and oxygen atoms in total. The molecule has 0 saturated carbocycles. The lowest BCUT2D eigenvalue weighted by atomic mass is 9.96. The van der Waals surface area contributed by atoms with Gasteiger partial charge < -0.3 is 89.0 Å². The number of aliphatic hydroxyl groups excluding tert-OH is 2. The monoisotopic (exact) mass is 1280 g/mol. The summed E-state index contributed by atoms with van der Waals surface area (Å²) in [6.07, 6.45) is 4.59. The summed E-state index contributed by atoms with van der Waals surface area (Å²) in [5.41, 5.74) is 12.2. The number of nitrogens with two attached hydrogens (primary N) is 2. The van der Waals surface area contributed by atoms with Gasteiger partial charge in [0, 0.05) is 37.9 Å². The third-order valence-electron chi connectivity index (χ3n) is 16.1. The first-order valence-electron chi connectivity index (χ1n) is 30.3. The van der Waals surface area contributed by atoms with Gasteiger partial charge in [-0.25, -0.2) is 9.78 Å². The van der Waals surface area contributed by atoms with Gasteiger partial charge >= 0.3 is 5.97 Å². The number of H-pyrrole nitrogens is 1. The van der Waals surface area contributed by atoms with Crippen molar-refractivity contribution in [2.45, 2.75) is 205 Å². The van der Waals surface area contributed by atoms with E-state index in [0.29, 0.717) is 44.3 Å². The van der Waals surface area contributed by atoms with Crippen LogP contribution in [-0.2, 0) is 68.7 Å². The van der Waals surface area contributed by atoms with E-state index >= 15 is 0 Å². The van der Waals surface area contributed by atoms with Crippen molar-refractivity contribution in [3.8, 4) is 0 Å². The molecule has 0 radical (unpaired) electrons. The molecule has 1 aromatic rings. The molecular formula is C57H93N15O16S. The molecule has 3 aliphatic heterocycles. The SMILES string of the molecule is CC[C@H](C)[C@H](NC(=O)[C@H](Cc1cnc[nH]1)NC(=O)[C@@H]1CCCN1C(=O)[C@@H](N)C(C)C)C(=O)N1CCC[C@H]1C(=O)N1CCC[C@H]1C(=O)N[C@@H](CC(N)=O)C(=O)N[C@@H](CO)C(=O)N[C@@H](CCSC)C(=O)N[C@@H](C)C(=O)N[C@@H](CC(C)C)C(=O)N[C@H](C(=O)O)[C@@H](C)O. The maximum Gasteiger partial charge on any atom is 0.328 e. The predicted octanol–water partition coefficient (Wildman–Crippen LogP) is -4.01. The van der Waals surface area contributed by atoms with E-state index in [9.17, 15) is 77.6 Å². The number of nitrogens with one attached hydrogen (secondary N) is 9. The maximum atomic E-state index is 14.8. The van der Waals surface area contributed by atoms with Crippen LogP contribution in [0.5, 0.6) is 0 Å². The third kappa shape index (κ3) is 21.1. The van der Waals surface area contributed by atoms with E-state index in [0.717, 1.165) is 0 Å². The lowest BCUT2D eigenvalue weighted by Crippen LogP contribution is -2.61. The molecule has 0 bridgehead atoms. The van der Waals surface area contributed by atoms with Gasteiger partial charge in [0.15, 0.2) is 6.04 Å². The smallest absolute Gasteiger partial charge is 0.328 e. The Morgan fingerprint density at radius 3 is 1.69 bits per heavy atom. The van der Waals surface area contributed by atoms with Gasteiger partial charge in [-0.05, 0) is 95.0 Å². The number of rotatable bonds is 34. The van der Waals surface area contributed by atoms with Gasteiger partial charge in [-0.15, -0.1) is 0 Å². The average Bonchev–Trinajstić information content (AvgIpc) is 3.47. The first-order chi connectivity index (χ1) is 41.9. The molecule has 32 heteroatoms. The van der Waals surface area contributed by atoms with Crippen molar-refractivity contribution < 1.29 is 77.6 Å². The number of thioether (sulfide) groups is 1. The lowest BCUT2D eigenvalue weighted by molar-refractivity contribution is -0.149. The second-order valence-corrected chi connectivity index (χ2v) is 24.8. The van der Waals surface area contributed by atoms with Crippen molar-refractivity contribution in [2.24, 2.45) is 29.2 Å². The molecular weight excluding hydrogens is 1180 g/mol. The number of aliphatic carboxylic acids is 1. The molecule has 89 heavy (non-hydrogen) atoms. The molecule has 0 aliphatic carbocycles. The highest BCUT2D eigenvalue weighted by Crippen LogP contribution is 2.28. The molecule has 3 saturated heterocycles. The Labute approximate surface area is 522 Å². The van der Waals surface area contributed by atoms with Gasteiger partial charge in [0.05, 0.1) is 31.5 Å². The van der Waals surface area contributed by atoms with Crippen LogP contribution in [0.25, 0.3) is 0 Å². The van der Waals surface area contributed by atoms with E-state index in [1.807, 2.05) is 6.92 Å². The van der Waals surface area contributed by atoms with Crippen LogP contribution in [0.2, 0.25) is 0 Å². The zero-order valence-electron chi connectivity index (χ0n) is 52.2. The third-order valence-corrected chi connectivity index (χ3v) is 16.8. The Hall–Kier alpha value is -7.45. The molecule has 14 atom stereocenters. The highest BCUT2D eigenvalue weighted by atomic mass is 32.2. The normalized spacial score (nSPS) is 20.3. The Morgan fingerprint density at radius 1 is 0.652 bits per heavy atom. The molecule has 3 aliphatic rings. The molecule has 4 rings (SSSR count). The summed E-state index contributed by atoms with van der Waals surface area (Å²) in [5.74, 6) is -11.7. The van der Waals surface area contributed by atoms with Gasteiger partial charge in [0.1, 0.15) is 60.4 Å². The molecule has 16 N–H and O–H groups in total. The molecule has 1 aromatic heterocycles. The molecule has 498 valence electrons. The molecule has 4 heterocycles. The lowest BCUT2D eigenvalue weighted by Gasteiger charge is -2.35. The van der Waals surface area contributed by atoms with Crippen molar-refractivity contribution in [1.29, 1.82) is 0 Å². The standard InChI is InChI=1S/C57H93N15O16S/c1-10-30(6)44(68-50(80)36(23-33-25-60-27-61-33)65-53(83)40-15-12-19-71(40)55(85)43(59)29(4)5)56(86)72-20-13-16-41(72)54(84)70-18-11-14-39(70)52(82)66-37(24-42(58)75)48(78)67-38(26-73)51(81)63-34(17-21-89-9)47(77)62-31(7)46(76)64-35(22-28(2)3)49(79)69-45(32(8)74)57(87)88/h25,27-32,34-41,43-45,73-74H,10-24,26,59H2,1-9H3,(H2,58,75)(H,60,61)(H,62,77)(H,63,81)(H,64,76)(H,65,83)(H,66,82)(H,67,78)(H,68,80)(H,69,79)(H,87,88)/t30-,31-,32+,34-,35-,36-,37-,38-,39-,40-,41-,43-,44-,45-/m0/s1. The number of carboxylic acids is 1. The highest BCUT2D eigenvalue weighted by molar-refractivity contribution is 7.98. The molecule has 0 unspecified atom stereocenters. The molecule has 0 spiro atoms. The Kier molecular flexibility index (Phi) is 29.2. The number of carbonyl (C=O) groups is 13. The number of carbonyl (C=O) groups excluding carboxylic acids is 12. The van der Waals surface area contributed by atoms with Crippen LogP contribution in [0.4, 0.5) is 0 Å². The number of aromatic amines is 1. The quantitative estimate of drug-likeness (QED) is 0.0313. The second-order valence-electron chi connectivity index (χ2n) is 23.9. The van der Waals surface area contributed by atoms with Crippen LogP contribution in [-0.4, -0.2) is 234 Å². The number of nitrogens with zero attached hydrogens (tertiary/aromatic N) is 4.